The Morgan fingerprint density at radius 1 is 1.10 bits per heavy atom. The Balaban J connectivity index is 2.08. The molecule has 2 aliphatic heterocycles. The average molecular weight is 305 g/mol. The first-order valence-electron chi connectivity index (χ1n) is 6.69. The van der Waals surface area contributed by atoms with Crippen molar-refractivity contribution in [3.8, 4) is 0 Å². The molecular formula is C14H15F4NO2. The standard InChI is InChI=1S/C14H15F4NO2/c1-19-7-3-14(20,4-8(19)6-21-5-7)11-12(17)9(15)2-10(16)13(11)18/h2,7-8,20H,3-6H2,1H3. The predicted molar refractivity (Wildman–Crippen MR) is 65.6 cm³/mol. The van der Waals surface area contributed by atoms with E-state index in [1.807, 2.05) is 11.9 Å². The second-order valence-electron chi connectivity index (χ2n) is 5.79. The van der Waals surface area contributed by atoms with Crippen LogP contribution >= 0.6 is 0 Å². The van der Waals surface area contributed by atoms with Gasteiger partial charge in [-0.15, -0.1) is 0 Å². The number of morpholine rings is 1. The summed E-state index contributed by atoms with van der Waals surface area (Å²) in [5.74, 6) is -6.06. The number of nitrogens with zero attached hydrogens (tertiary/aromatic N) is 1. The minimum atomic E-state index is -1.94. The Morgan fingerprint density at radius 2 is 1.57 bits per heavy atom. The number of rotatable bonds is 1. The molecule has 0 spiro atoms. The van der Waals surface area contributed by atoms with Crippen LogP contribution in [-0.4, -0.2) is 42.4 Å². The lowest BCUT2D eigenvalue weighted by Crippen LogP contribution is -2.59. The van der Waals surface area contributed by atoms with Gasteiger partial charge in [0.15, 0.2) is 23.3 Å². The predicted octanol–water partition coefficient (Wildman–Crippen LogP) is 1.92. The van der Waals surface area contributed by atoms with E-state index in [4.69, 9.17) is 4.74 Å². The van der Waals surface area contributed by atoms with Gasteiger partial charge in [0, 0.05) is 18.2 Å². The number of ether oxygens (including phenoxy) is 1. The van der Waals surface area contributed by atoms with Gasteiger partial charge >= 0.3 is 0 Å². The number of piperidine rings is 1. The lowest BCUT2D eigenvalue weighted by Gasteiger charge is -2.50. The summed E-state index contributed by atoms with van der Waals surface area (Å²) >= 11 is 0. The zero-order valence-electron chi connectivity index (χ0n) is 11.4. The van der Waals surface area contributed by atoms with E-state index in [1.54, 1.807) is 0 Å². The molecule has 0 saturated carbocycles. The van der Waals surface area contributed by atoms with Crippen LogP contribution in [0.5, 0.6) is 0 Å². The molecule has 2 bridgehead atoms. The second-order valence-corrected chi connectivity index (χ2v) is 5.79. The smallest absolute Gasteiger partial charge is 0.168 e. The van der Waals surface area contributed by atoms with Gasteiger partial charge in [0.2, 0.25) is 0 Å². The van der Waals surface area contributed by atoms with E-state index in [2.05, 4.69) is 0 Å². The summed E-state index contributed by atoms with van der Waals surface area (Å²) in [4.78, 5) is 1.96. The monoisotopic (exact) mass is 305 g/mol. The SMILES string of the molecule is CN1C2COCC1CC(O)(c1c(F)c(F)cc(F)c1F)C2. The zero-order chi connectivity index (χ0) is 15.4. The van der Waals surface area contributed by atoms with Gasteiger partial charge in [0.1, 0.15) is 0 Å². The maximum Gasteiger partial charge on any atom is 0.168 e. The van der Waals surface area contributed by atoms with Gasteiger partial charge in [-0.3, -0.25) is 4.90 Å². The molecule has 2 saturated heterocycles. The Labute approximate surface area is 119 Å². The molecular weight excluding hydrogens is 290 g/mol. The van der Waals surface area contributed by atoms with Crippen LogP contribution in [0.4, 0.5) is 17.6 Å². The molecule has 0 radical (unpaired) electrons. The van der Waals surface area contributed by atoms with Gasteiger partial charge in [0.05, 0.1) is 24.4 Å². The van der Waals surface area contributed by atoms with Crippen LogP contribution in [0.25, 0.3) is 0 Å². The molecule has 7 heteroatoms. The molecule has 0 aliphatic carbocycles. The van der Waals surface area contributed by atoms with E-state index in [-0.39, 0.29) is 31.0 Å². The van der Waals surface area contributed by atoms with Crippen molar-refractivity contribution in [3.63, 3.8) is 0 Å². The minimum absolute atomic E-state index is 0.0449. The topological polar surface area (TPSA) is 32.7 Å². The molecule has 1 aromatic carbocycles. The molecule has 1 N–H and O–H groups in total. The van der Waals surface area contributed by atoms with Crippen molar-refractivity contribution in [3.05, 3.63) is 34.9 Å². The summed E-state index contributed by atoms with van der Waals surface area (Å²) in [6.07, 6.45) is -0.0898. The Morgan fingerprint density at radius 3 is 2.05 bits per heavy atom. The van der Waals surface area contributed by atoms with E-state index >= 15 is 0 Å². The van der Waals surface area contributed by atoms with Gasteiger partial charge in [-0.1, -0.05) is 0 Å². The van der Waals surface area contributed by atoms with Crippen LogP contribution < -0.4 is 0 Å². The first kappa shape index (κ1) is 14.7. The van der Waals surface area contributed by atoms with Gasteiger partial charge in [0.25, 0.3) is 0 Å². The summed E-state index contributed by atoms with van der Waals surface area (Å²) in [5, 5.41) is 10.7. The summed E-state index contributed by atoms with van der Waals surface area (Å²) in [6.45, 7) is 0.604. The van der Waals surface area contributed by atoms with Crippen LogP contribution in [0.1, 0.15) is 18.4 Å². The van der Waals surface area contributed by atoms with Gasteiger partial charge in [-0.25, -0.2) is 17.6 Å². The highest BCUT2D eigenvalue weighted by atomic mass is 19.2. The normalized spacial score (nSPS) is 33.2. The molecule has 2 unspecified atom stereocenters. The zero-order valence-corrected chi connectivity index (χ0v) is 11.4. The van der Waals surface area contributed by atoms with Crippen LogP contribution in [-0.2, 0) is 10.3 Å². The Bertz CT molecular complexity index is 540. The number of hydrogen-bond acceptors (Lipinski definition) is 3. The van der Waals surface area contributed by atoms with Crippen molar-refractivity contribution >= 4 is 0 Å². The van der Waals surface area contributed by atoms with E-state index in [9.17, 15) is 22.7 Å². The lowest BCUT2D eigenvalue weighted by molar-refractivity contribution is -0.140. The fourth-order valence-corrected chi connectivity index (χ4v) is 3.33. The first-order valence-corrected chi connectivity index (χ1v) is 6.69. The Hall–Kier alpha value is -1.18. The average Bonchev–Trinajstić information content (AvgIpc) is 2.39. The van der Waals surface area contributed by atoms with Crippen LogP contribution in [0.15, 0.2) is 6.07 Å². The minimum Gasteiger partial charge on any atom is -0.385 e. The number of hydrogen-bond donors (Lipinski definition) is 1. The van der Waals surface area contributed by atoms with Crippen LogP contribution in [0.2, 0.25) is 0 Å². The van der Waals surface area contributed by atoms with Gasteiger partial charge in [-0.05, 0) is 19.9 Å². The molecule has 2 heterocycles. The molecule has 116 valence electrons. The summed E-state index contributed by atoms with van der Waals surface area (Å²) < 4.78 is 60.0. The third kappa shape index (κ3) is 2.23. The molecule has 21 heavy (non-hydrogen) atoms. The quantitative estimate of drug-likeness (QED) is 0.636. The molecule has 3 rings (SSSR count). The van der Waals surface area contributed by atoms with Gasteiger partial charge < -0.3 is 9.84 Å². The molecule has 2 atom stereocenters. The molecule has 3 nitrogen and oxygen atoms in total. The number of aliphatic hydroxyl groups is 1. The van der Waals surface area contributed by atoms with E-state index in [1.165, 1.54) is 0 Å². The third-order valence-electron chi connectivity index (χ3n) is 4.50. The first-order chi connectivity index (χ1) is 9.83. The maximum absolute atomic E-state index is 14.0. The maximum atomic E-state index is 14.0. The summed E-state index contributed by atoms with van der Waals surface area (Å²) in [5.41, 5.74) is -2.85. The second kappa shape index (κ2) is 4.93. The van der Waals surface area contributed by atoms with Crippen molar-refractivity contribution in [1.82, 2.24) is 4.90 Å². The molecule has 0 aromatic heterocycles. The summed E-state index contributed by atoms with van der Waals surface area (Å²) in [6, 6.07) is -0.364. The largest absolute Gasteiger partial charge is 0.385 e. The molecule has 2 aliphatic rings. The number of fused-ring (bicyclic) bond motifs is 2. The molecule has 1 aromatic rings. The highest BCUT2D eigenvalue weighted by molar-refractivity contribution is 5.30. The van der Waals surface area contributed by atoms with Crippen LogP contribution in [0, 0.1) is 23.3 Å². The number of likely N-dealkylation sites (N-methyl/N-ethyl adjacent to an activating group) is 1. The van der Waals surface area contributed by atoms with Crippen molar-refractivity contribution in [1.29, 1.82) is 0 Å². The fraction of sp³-hybridized carbons (Fsp3) is 0.571. The van der Waals surface area contributed by atoms with E-state index < -0.39 is 34.4 Å². The third-order valence-corrected chi connectivity index (χ3v) is 4.50. The van der Waals surface area contributed by atoms with Crippen molar-refractivity contribution in [2.75, 3.05) is 20.3 Å². The van der Waals surface area contributed by atoms with Crippen LogP contribution in [0.3, 0.4) is 0 Å². The molecule has 0 amide bonds. The molecule has 2 fully saturated rings. The summed E-state index contributed by atoms with van der Waals surface area (Å²) in [7, 11) is 1.83. The lowest BCUT2D eigenvalue weighted by atomic mass is 9.76. The fourth-order valence-electron chi connectivity index (χ4n) is 3.33. The van der Waals surface area contributed by atoms with Crippen molar-refractivity contribution < 1.29 is 27.4 Å². The van der Waals surface area contributed by atoms with Gasteiger partial charge in [-0.2, -0.15) is 0 Å². The van der Waals surface area contributed by atoms with Crippen molar-refractivity contribution in [2.24, 2.45) is 0 Å². The van der Waals surface area contributed by atoms with E-state index in [0.29, 0.717) is 13.2 Å². The van der Waals surface area contributed by atoms with Crippen molar-refractivity contribution in [2.45, 2.75) is 30.5 Å². The van der Waals surface area contributed by atoms with E-state index in [0.717, 1.165) is 0 Å². The highest BCUT2D eigenvalue weighted by Crippen LogP contribution is 2.42. The highest BCUT2D eigenvalue weighted by Gasteiger charge is 2.48. The number of benzene rings is 1. The number of halogens is 4. The Kier molecular flexibility index (Phi) is 3.46.